The minimum atomic E-state index is 0. The van der Waals surface area contributed by atoms with Crippen LogP contribution in [0.15, 0.2) is 23.8 Å². The van der Waals surface area contributed by atoms with E-state index in [1.807, 2.05) is 6.54 Å². The van der Waals surface area contributed by atoms with Gasteiger partial charge >= 0.3 is 37.7 Å². The van der Waals surface area contributed by atoms with E-state index in [1.165, 1.54) is 5.57 Å². The zero-order valence-corrected chi connectivity index (χ0v) is 10.1. The quantitative estimate of drug-likeness (QED) is 0.350. The summed E-state index contributed by atoms with van der Waals surface area (Å²) in [6.07, 6.45) is 9.60. The third kappa shape index (κ3) is 7.87. The van der Waals surface area contributed by atoms with Crippen molar-refractivity contribution in [2.75, 3.05) is 0 Å². The minimum absolute atomic E-state index is 0. The van der Waals surface area contributed by atoms with Gasteiger partial charge in [-0.05, 0) is 32.7 Å². The first-order chi connectivity index (χ1) is 5.58. The Bertz CT molecular complexity index is 202. The monoisotopic (exact) mass is 177 g/mol. The fourth-order valence-electron chi connectivity index (χ4n) is 0.986. The first kappa shape index (κ1) is 16.9. The normalized spacial score (nSPS) is 14.1. The maximum Gasteiger partial charge on any atom is 1.00 e. The Morgan fingerprint density at radius 2 is 1.93 bits per heavy atom. The van der Waals surface area contributed by atoms with Crippen molar-refractivity contribution in [1.29, 1.82) is 0 Å². The van der Waals surface area contributed by atoms with E-state index in [2.05, 4.69) is 50.7 Å². The number of rotatable bonds is 3. The molecule has 1 rings (SSSR count). The summed E-state index contributed by atoms with van der Waals surface area (Å²) in [7, 11) is 0. The molecule has 0 atom stereocenters. The van der Waals surface area contributed by atoms with Crippen molar-refractivity contribution < 1.29 is 37.7 Å². The summed E-state index contributed by atoms with van der Waals surface area (Å²) in [5.41, 5.74) is 1.54. The molecule has 14 heavy (non-hydrogen) atoms. The Morgan fingerprint density at radius 1 is 1.29 bits per heavy atom. The van der Waals surface area contributed by atoms with E-state index >= 15 is 0 Å². The Kier molecular flexibility index (Phi) is 9.37. The maximum absolute atomic E-state index is 3.30. The van der Waals surface area contributed by atoms with Crippen LogP contribution < -0.4 is 43.0 Å². The molecule has 0 radical (unpaired) electrons. The number of hydrogen-bond donors (Lipinski definition) is 1. The van der Waals surface area contributed by atoms with Gasteiger partial charge in [-0.25, -0.2) is 11.6 Å². The molecule has 0 unspecified atom stereocenters. The molecule has 0 heterocycles. The standard InChI is InChI=1S/C11H17N.2Li/c1-11(2,3)12-9-8-10-6-4-5-7-10;;/h4-6,8-9,12H,7H2,1-3H3;;/q-2;2*+1. The number of allylic oxidation sites excluding steroid dienone is 3. The van der Waals surface area contributed by atoms with E-state index in [1.54, 1.807) is 0 Å². The fraction of sp³-hybridized carbons (Fsp3) is 0.455. The first-order valence-corrected chi connectivity index (χ1v) is 4.38. The van der Waals surface area contributed by atoms with Crippen molar-refractivity contribution in [3.05, 3.63) is 36.8 Å². The van der Waals surface area contributed by atoms with Crippen molar-refractivity contribution >= 4 is 0 Å². The van der Waals surface area contributed by atoms with Crippen molar-refractivity contribution in [1.82, 2.24) is 5.32 Å². The van der Waals surface area contributed by atoms with E-state index in [-0.39, 0.29) is 43.3 Å². The van der Waals surface area contributed by atoms with Crippen LogP contribution in [0.5, 0.6) is 0 Å². The smallest absolute Gasteiger partial charge is 0.479 e. The summed E-state index contributed by atoms with van der Waals surface area (Å²) in [6, 6.07) is 0. The van der Waals surface area contributed by atoms with Crippen LogP contribution in [0.4, 0.5) is 0 Å². The Labute approximate surface area is 112 Å². The molecule has 0 aromatic rings. The van der Waals surface area contributed by atoms with Gasteiger partial charge < -0.3 is 18.3 Å². The van der Waals surface area contributed by atoms with E-state index in [9.17, 15) is 0 Å². The van der Waals surface area contributed by atoms with Gasteiger partial charge in [0, 0.05) is 0 Å². The van der Waals surface area contributed by atoms with Crippen molar-refractivity contribution in [2.24, 2.45) is 0 Å². The summed E-state index contributed by atoms with van der Waals surface area (Å²) in [5, 5.41) is 3.30. The molecule has 68 valence electrons. The van der Waals surface area contributed by atoms with Crippen molar-refractivity contribution in [3.8, 4) is 0 Å². The Hall–Kier alpha value is 0.505. The van der Waals surface area contributed by atoms with Gasteiger partial charge in [0.2, 0.25) is 0 Å². The molecule has 1 aliphatic carbocycles. The molecule has 0 amide bonds. The molecule has 1 aliphatic rings. The molecule has 0 aromatic heterocycles. The molecule has 0 aliphatic heterocycles. The van der Waals surface area contributed by atoms with Crippen LogP contribution in [0.1, 0.15) is 27.2 Å². The average Bonchev–Trinajstić information content (AvgIpc) is 2.36. The van der Waals surface area contributed by atoms with Crippen LogP contribution in [-0.4, -0.2) is 5.54 Å². The topological polar surface area (TPSA) is 12.0 Å². The predicted octanol–water partition coefficient (Wildman–Crippen LogP) is -3.37. The van der Waals surface area contributed by atoms with Gasteiger partial charge in [0.15, 0.2) is 0 Å². The summed E-state index contributed by atoms with van der Waals surface area (Å²) in [6.45, 7) is 8.48. The zero-order chi connectivity index (χ0) is 9.03. The van der Waals surface area contributed by atoms with Crippen LogP contribution >= 0.6 is 0 Å². The van der Waals surface area contributed by atoms with Crippen LogP contribution in [0, 0.1) is 13.0 Å². The third-order valence-corrected chi connectivity index (χ3v) is 1.61. The third-order valence-electron chi connectivity index (χ3n) is 1.61. The summed E-state index contributed by atoms with van der Waals surface area (Å²) in [4.78, 5) is 0. The fourth-order valence-corrected chi connectivity index (χ4v) is 0.986. The molecule has 0 saturated heterocycles. The van der Waals surface area contributed by atoms with Crippen LogP contribution in [0.3, 0.4) is 0 Å². The van der Waals surface area contributed by atoms with Crippen molar-refractivity contribution in [3.63, 3.8) is 0 Å². The maximum atomic E-state index is 3.30. The minimum Gasteiger partial charge on any atom is -0.479 e. The van der Waals surface area contributed by atoms with Gasteiger partial charge in [0.05, 0.1) is 0 Å². The van der Waals surface area contributed by atoms with Crippen LogP contribution in [0.2, 0.25) is 0 Å². The molecule has 0 saturated carbocycles. The van der Waals surface area contributed by atoms with Gasteiger partial charge in [-0.3, -0.25) is 0 Å². The second-order valence-electron chi connectivity index (χ2n) is 4.10. The zero-order valence-electron chi connectivity index (χ0n) is 10.1. The van der Waals surface area contributed by atoms with Crippen molar-refractivity contribution in [2.45, 2.75) is 32.7 Å². The SMILES string of the molecule is CC(C)(C)N[CH-][CH-]C1=CC=CC1.[Li+].[Li+]. The predicted molar refractivity (Wildman–Crippen MR) is 53.3 cm³/mol. The molecule has 0 aromatic carbocycles. The molecular weight excluding hydrogens is 160 g/mol. The van der Waals surface area contributed by atoms with Gasteiger partial charge in [-0.15, -0.1) is 12.2 Å². The molecule has 1 N–H and O–H groups in total. The Morgan fingerprint density at radius 3 is 2.36 bits per heavy atom. The summed E-state index contributed by atoms with van der Waals surface area (Å²) < 4.78 is 0. The van der Waals surface area contributed by atoms with E-state index in [0.29, 0.717) is 0 Å². The molecular formula is C11H17Li2N. The van der Waals surface area contributed by atoms with E-state index in [0.717, 1.165) is 6.42 Å². The first-order valence-electron chi connectivity index (χ1n) is 4.38. The average molecular weight is 177 g/mol. The van der Waals surface area contributed by atoms with Gasteiger partial charge in [0.1, 0.15) is 0 Å². The van der Waals surface area contributed by atoms with Crippen LogP contribution in [0.25, 0.3) is 0 Å². The van der Waals surface area contributed by atoms with Gasteiger partial charge in [0.25, 0.3) is 0 Å². The molecule has 0 fully saturated rings. The number of hydrogen-bond acceptors (Lipinski definition) is 1. The Balaban J connectivity index is 0. The summed E-state index contributed by atoms with van der Waals surface area (Å²) >= 11 is 0. The molecule has 0 bridgehead atoms. The molecule has 0 spiro atoms. The molecule has 1 nitrogen and oxygen atoms in total. The van der Waals surface area contributed by atoms with Gasteiger partial charge in [-0.1, -0.05) is 0 Å². The van der Waals surface area contributed by atoms with E-state index in [4.69, 9.17) is 0 Å². The molecule has 3 heteroatoms. The largest absolute Gasteiger partial charge is 1.00 e. The van der Waals surface area contributed by atoms with E-state index < -0.39 is 0 Å². The summed E-state index contributed by atoms with van der Waals surface area (Å²) in [5.74, 6) is 0. The number of nitrogens with one attached hydrogen (secondary N) is 1. The van der Waals surface area contributed by atoms with Crippen LogP contribution in [-0.2, 0) is 0 Å². The second-order valence-corrected chi connectivity index (χ2v) is 4.10. The van der Waals surface area contributed by atoms with Gasteiger partial charge in [-0.2, -0.15) is 0 Å². The second kappa shape index (κ2) is 7.75.